The number of rotatable bonds is 8. The van der Waals surface area contributed by atoms with E-state index in [-0.39, 0.29) is 16.9 Å². The molecule has 0 fully saturated rings. The summed E-state index contributed by atoms with van der Waals surface area (Å²) in [5.41, 5.74) is 1.52. The van der Waals surface area contributed by atoms with Gasteiger partial charge in [0.1, 0.15) is 5.75 Å². The molecule has 0 aliphatic carbocycles. The molecule has 5 rings (SSSR count). The van der Waals surface area contributed by atoms with Gasteiger partial charge < -0.3 is 18.9 Å². The maximum atomic E-state index is 13.6. The van der Waals surface area contributed by atoms with Crippen molar-refractivity contribution >= 4 is 54.9 Å². The molecule has 0 radical (unpaired) electrons. The van der Waals surface area contributed by atoms with E-state index in [0.717, 1.165) is 4.47 Å². The first-order chi connectivity index (χ1) is 20.3. The highest BCUT2D eigenvalue weighted by Crippen LogP contribution is 2.38. The highest BCUT2D eigenvalue weighted by Gasteiger charge is 2.20. The number of esters is 1. The fourth-order valence-electron chi connectivity index (χ4n) is 4.21. The molecular formula is C31H23Br2N3O6. The highest BCUT2D eigenvalue weighted by molar-refractivity contribution is 9.10. The minimum atomic E-state index is -0.661. The van der Waals surface area contributed by atoms with Gasteiger partial charge in [-0.25, -0.2) is 9.78 Å². The summed E-state index contributed by atoms with van der Waals surface area (Å²) in [6.45, 7) is 0. The summed E-state index contributed by atoms with van der Waals surface area (Å²) in [6.07, 6.45) is 1.45. The van der Waals surface area contributed by atoms with Crippen LogP contribution in [0.5, 0.6) is 23.0 Å². The number of methoxy groups -OCH3 is 3. The summed E-state index contributed by atoms with van der Waals surface area (Å²) in [6, 6.07) is 22.6. The molecule has 0 unspecified atom stereocenters. The van der Waals surface area contributed by atoms with Crippen molar-refractivity contribution in [2.75, 3.05) is 21.3 Å². The molecule has 0 N–H and O–H groups in total. The Labute approximate surface area is 257 Å². The zero-order chi connectivity index (χ0) is 29.8. The molecule has 4 aromatic carbocycles. The molecular weight excluding hydrogens is 670 g/mol. The maximum absolute atomic E-state index is 13.6. The van der Waals surface area contributed by atoms with E-state index < -0.39 is 5.97 Å². The van der Waals surface area contributed by atoms with Crippen molar-refractivity contribution in [1.82, 2.24) is 9.66 Å². The summed E-state index contributed by atoms with van der Waals surface area (Å²) in [4.78, 5) is 31.5. The van der Waals surface area contributed by atoms with E-state index in [1.807, 2.05) is 30.3 Å². The van der Waals surface area contributed by atoms with Crippen LogP contribution in [0.2, 0.25) is 0 Å². The monoisotopic (exact) mass is 691 g/mol. The molecule has 212 valence electrons. The lowest BCUT2D eigenvalue weighted by molar-refractivity contribution is 0.0733. The highest BCUT2D eigenvalue weighted by atomic mass is 79.9. The van der Waals surface area contributed by atoms with E-state index in [1.165, 1.54) is 44.4 Å². The number of para-hydroxylation sites is 1. The van der Waals surface area contributed by atoms with Crippen LogP contribution in [0.15, 0.2) is 97.7 Å². The van der Waals surface area contributed by atoms with Gasteiger partial charge in [0.2, 0.25) is 5.75 Å². The Balaban J connectivity index is 1.56. The van der Waals surface area contributed by atoms with Crippen molar-refractivity contribution in [3.05, 3.63) is 109 Å². The van der Waals surface area contributed by atoms with Crippen LogP contribution in [-0.4, -0.2) is 43.2 Å². The van der Waals surface area contributed by atoms with Crippen LogP contribution < -0.4 is 24.5 Å². The minimum absolute atomic E-state index is 0.183. The summed E-state index contributed by atoms with van der Waals surface area (Å²) in [5, 5.41) is 4.94. The molecule has 11 heteroatoms. The summed E-state index contributed by atoms with van der Waals surface area (Å²) in [5.74, 6) is 0.881. The van der Waals surface area contributed by atoms with Crippen molar-refractivity contribution in [3.8, 4) is 34.4 Å². The summed E-state index contributed by atoms with van der Waals surface area (Å²) >= 11 is 6.90. The standard InChI is InChI=1S/C31H23Br2N3O6/c1-39-26-15-19(16-27(40-2)28(26)41-3)31(38)42-25-13-12-22(33)14-20(25)17-34-36-29(18-8-10-21(32)11-9-18)35-24-7-5-4-6-23(24)30(36)37/h4-17H,1-3H3. The van der Waals surface area contributed by atoms with Gasteiger partial charge in [0.15, 0.2) is 17.3 Å². The second-order valence-corrected chi connectivity index (χ2v) is 10.6. The Kier molecular flexibility index (Phi) is 8.69. The van der Waals surface area contributed by atoms with Crippen LogP contribution in [-0.2, 0) is 0 Å². The molecule has 0 aliphatic heterocycles. The molecule has 0 spiro atoms. The van der Waals surface area contributed by atoms with Gasteiger partial charge in [0, 0.05) is 20.1 Å². The molecule has 5 aromatic rings. The number of hydrogen-bond acceptors (Lipinski definition) is 8. The van der Waals surface area contributed by atoms with Crippen molar-refractivity contribution in [2.45, 2.75) is 0 Å². The Bertz CT molecular complexity index is 1860. The first kappa shape index (κ1) is 29.0. The number of halogens is 2. The van der Waals surface area contributed by atoms with Crippen molar-refractivity contribution in [1.29, 1.82) is 0 Å². The molecule has 0 saturated carbocycles. The van der Waals surface area contributed by atoms with Crippen molar-refractivity contribution < 1.29 is 23.7 Å². The van der Waals surface area contributed by atoms with Gasteiger partial charge in [-0.3, -0.25) is 4.79 Å². The number of carbonyl (C=O) groups is 1. The average Bonchev–Trinajstić information content (AvgIpc) is 3.01. The maximum Gasteiger partial charge on any atom is 0.343 e. The Morgan fingerprint density at radius 3 is 2.17 bits per heavy atom. The third-order valence-electron chi connectivity index (χ3n) is 6.24. The fraction of sp³-hybridized carbons (Fsp3) is 0.0968. The van der Waals surface area contributed by atoms with Crippen LogP contribution in [0.4, 0.5) is 0 Å². The molecule has 0 saturated heterocycles. The lowest BCUT2D eigenvalue weighted by atomic mass is 10.1. The third-order valence-corrected chi connectivity index (χ3v) is 7.27. The quantitative estimate of drug-likeness (QED) is 0.101. The average molecular weight is 693 g/mol. The van der Waals surface area contributed by atoms with Gasteiger partial charge >= 0.3 is 5.97 Å². The third kappa shape index (κ3) is 5.93. The van der Waals surface area contributed by atoms with Gasteiger partial charge in [-0.15, -0.1) is 0 Å². The largest absolute Gasteiger partial charge is 0.493 e. The van der Waals surface area contributed by atoms with Crippen LogP contribution >= 0.6 is 31.9 Å². The molecule has 1 heterocycles. The number of hydrogen-bond donors (Lipinski definition) is 0. The molecule has 9 nitrogen and oxygen atoms in total. The van der Waals surface area contributed by atoms with E-state index >= 15 is 0 Å². The van der Waals surface area contributed by atoms with Crippen LogP contribution in [0.1, 0.15) is 15.9 Å². The molecule has 0 bridgehead atoms. The van der Waals surface area contributed by atoms with Crippen LogP contribution in [0.25, 0.3) is 22.3 Å². The predicted octanol–water partition coefficient (Wildman–Crippen LogP) is 6.72. The number of carbonyl (C=O) groups excluding carboxylic acids is 1. The molecule has 1 aromatic heterocycles. The number of benzene rings is 4. The van der Waals surface area contributed by atoms with Gasteiger partial charge in [0.25, 0.3) is 5.56 Å². The van der Waals surface area contributed by atoms with Crippen LogP contribution in [0.3, 0.4) is 0 Å². The van der Waals surface area contributed by atoms with Crippen molar-refractivity contribution in [3.63, 3.8) is 0 Å². The van der Waals surface area contributed by atoms with E-state index in [4.69, 9.17) is 23.9 Å². The topological polar surface area (TPSA) is 101 Å². The predicted molar refractivity (Wildman–Crippen MR) is 167 cm³/mol. The normalized spacial score (nSPS) is 11.1. The lowest BCUT2D eigenvalue weighted by Gasteiger charge is -2.14. The molecule has 0 aliphatic rings. The Hall–Kier alpha value is -4.48. The number of aromatic nitrogens is 2. The smallest absolute Gasteiger partial charge is 0.343 e. The van der Waals surface area contributed by atoms with E-state index in [0.29, 0.717) is 49.6 Å². The first-order valence-electron chi connectivity index (χ1n) is 12.5. The van der Waals surface area contributed by atoms with Crippen LogP contribution in [0, 0.1) is 0 Å². The SMILES string of the molecule is COc1cc(C(=O)Oc2ccc(Br)cc2C=Nn2c(-c3ccc(Br)cc3)nc3ccccc3c2=O)cc(OC)c1OC. The van der Waals surface area contributed by atoms with Gasteiger partial charge in [-0.2, -0.15) is 9.78 Å². The first-order valence-corrected chi connectivity index (χ1v) is 14.1. The fourth-order valence-corrected chi connectivity index (χ4v) is 4.85. The van der Waals surface area contributed by atoms with Gasteiger partial charge in [-0.05, 0) is 54.6 Å². The number of nitrogens with zero attached hydrogens (tertiary/aromatic N) is 3. The lowest BCUT2D eigenvalue weighted by Crippen LogP contribution is -2.20. The van der Waals surface area contributed by atoms with Gasteiger partial charge in [-0.1, -0.05) is 56.1 Å². The van der Waals surface area contributed by atoms with E-state index in [9.17, 15) is 9.59 Å². The second kappa shape index (κ2) is 12.6. The Morgan fingerprint density at radius 1 is 0.833 bits per heavy atom. The molecule has 0 amide bonds. The van der Waals surface area contributed by atoms with Crippen molar-refractivity contribution in [2.24, 2.45) is 5.10 Å². The summed E-state index contributed by atoms with van der Waals surface area (Å²) in [7, 11) is 4.40. The number of fused-ring (bicyclic) bond motifs is 1. The van der Waals surface area contributed by atoms with E-state index in [1.54, 1.807) is 36.4 Å². The Morgan fingerprint density at radius 2 is 1.50 bits per heavy atom. The summed E-state index contributed by atoms with van der Waals surface area (Å²) < 4.78 is 24.7. The zero-order valence-electron chi connectivity index (χ0n) is 22.6. The number of ether oxygens (including phenoxy) is 4. The zero-order valence-corrected chi connectivity index (χ0v) is 25.8. The molecule has 0 atom stereocenters. The van der Waals surface area contributed by atoms with E-state index in [2.05, 4.69) is 37.0 Å². The second-order valence-electron chi connectivity index (χ2n) is 8.81. The van der Waals surface area contributed by atoms with Gasteiger partial charge in [0.05, 0.1) is 44.0 Å². The minimum Gasteiger partial charge on any atom is -0.493 e. The molecule has 42 heavy (non-hydrogen) atoms.